The van der Waals surface area contributed by atoms with Crippen LogP contribution in [0.2, 0.25) is 0 Å². The summed E-state index contributed by atoms with van der Waals surface area (Å²) in [5, 5.41) is 0. The van der Waals surface area contributed by atoms with Gasteiger partial charge >= 0.3 is 0 Å². The standard InChI is InChI=1S/C8H16OS2/c1-3-6-10-11-7-4-5-8(2)9/h3-7H2,1-2H3. The Bertz CT molecular complexity index is 104. The van der Waals surface area contributed by atoms with Crippen LogP contribution in [0.1, 0.15) is 33.1 Å². The van der Waals surface area contributed by atoms with Crippen molar-refractivity contribution in [2.24, 2.45) is 0 Å². The van der Waals surface area contributed by atoms with Gasteiger partial charge < -0.3 is 4.79 Å². The van der Waals surface area contributed by atoms with Crippen LogP contribution in [0.3, 0.4) is 0 Å². The van der Waals surface area contributed by atoms with Crippen molar-refractivity contribution in [2.45, 2.75) is 33.1 Å². The molecule has 0 atom stereocenters. The average Bonchev–Trinajstić information content (AvgIpc) is 1.96. The second-order valence-electron chi connectivity index (χ2n) is 2.45. The number of carbonyl (C=O) groups excluding carboxylic acids is 1. The Labute approximate surface area is 77.1 Å². The number of carbonyl (C=O) groups is 1. The van der Waals surface area contributed by atoms with Crippen LogP contribution in [0.4, 0.5) is 0 Å². The van der Waals surface area contributed by atoms with Gasteiger partial charge in [0.15, 0.2) is 0 Å². The minimum Gasteiger partial charge on any atom is -0.300 e. The fourth-order valence-corrected chi connectivity index (χ4v) is 2.81. The van der Waals surface area contributed by atoms with Gasteiger partial charge in [0.05, 0.1) is 0 Å². The van der Waals surface area contributed by atoms with E-state index < -0.39 is 0 Å². The number of Topliss-reactive ketones (excluding diaryl/α,β-unsaturated/α-hetero) is 1. The third-order valence-electron chi connectivity index (χ3n) is 1.13. The Morgan fingerprint density at radius 3 is 2.45 bits per heavy atom. The maximum absolute atomic E-state index is 10.5. The quantitative estimate of drug-likeness (QED) is 0.455. The van der Waals surface area contributed by atoms with Crippen molar-refractivity contribution >= 4 is 27.4 Å². The van der Waals surface area contributed by atoms with E-state index in [0.717, 1.165) is 18.6 Å². The highest BCUT2D eigenvalue weighted by Crippen LogP contribution is 2.22. The lowest BCUT2D eigenvalue weighted by Gasteiger charge is -1.97. The van der Waals surface area contributed by atoms with Gasteiger partial charge in [-0.05, 0) is 19.8 Å². The summed E-state index contributed by atoms with van der Waals surface area (Å²) in [6.45, 7) is 3.84. The van der Waals surface area contributed by atoms with Crippen molar-refractivity contribution in [3.05, 3.63) is 0 Å². The second-order valence-corrected chi connectivity index (χ2v) is 5.15. The molecule has 0 amide bonds. The molecule has 0 radical (unpaired) electrons. The Hall–Kier alpha value is 0.370. The molecule has 0 fully saturated rings. The zero-order chi connectivity index (χ0) is 8.53. The molecule has 1 nitrogen and oxygen atoms in total. The molecule has 0 bridgehead atoms. The van der Waals surface area contributed by atoms with E-state index in [9.17, 15) is 4.79 Å². The molecule has 0 aromatic heterocycles. The minimum atomic E-state index is 0.311. The molecule has 0 aliphatic rings. The zero-order valence-corrected chi connectivity index (χ0v) is 8.89. The van der Waals surface area contributed by atoms with Crippen molar-refractivity contribution in [1.29, 1.82) is 0 Å². The van der Waals surface area contributed by atoms with Crippen molar-refractivity contribution in [2.75, 3.05) is 11.5 Å². The molecule has 0 heterocycles. The third kappa shape index (κ3) is 10.4. The number of rotatable bonds is 7. The SMILES string of the molecule is CCCSSCCCC(C)=O. The molecule has 0 aromatic rings. The van der Waals surface area contributed by atoms with Gasteiger partial charge in [-0.25, -0.2) is 0 Å². The molecule has 3 heteroatoms. The molecule has 0 aromatic carbocycles. The van der Waals surface area contributed by atoms with Gasteiger partial charge in [-0.1, -0.05) is 28.5 Å². The molecule has 0 unspecified atom stereocenters. The Morgan fingerprint density at radius 2 is 1.91 bits per heavy atom. The first-order valence-electron chi connectivity index (χ1n) is 4.01. The number of hydrogen-bond acceptors (Lipinski definition) is 3. The van der Waals surface area contributed by atoms with E-state index >= 15 is 0 Å². The highest BCUT2D eigenvalue weighted by molar-refractivity contribution is 8.76. The number of ketones is 1. The second kappa shape index (κ2) is 8.47. The van der Waals surface area contributed by atoms with Crippen molar-refractivity contribution in [1.82, 2.24) is 0 Å². The maximum Gasteiger partial charge on any atom is 0.129 e. The lowest BCUT2D eigenvalue weighted by atomic mass is 10.3. The summed E-state index contributed by atoms with van der Waals surface area (Å²) in [7, 11) is 3.79. The monoisotopic (exact) mass is 192 g/mol. The molecule has 0 spiro atoms. The molecule has 11 heavy (non-hydrogen) atoms. The molecule has 0 aliphatic heterocycles. The third-order valence-corrected chi connectivity index (χ3v) is 3.82. The van der Waals surface area contributed by atoms with Crippen LogP contribution in [0, 0.1) is 0 Å². The molecular weight excluding hydrogens is 176 g/mol. The Balaban J connectivity index is 2.85. The van der Waals surface area contributed by atoms with Gasteiger partial charge in [-0.3, -0.25) is 0 Å². The topological polar surface area (TPSA) is 17.1 Å². The first kappa shape index (κ1) is 11.4. The lowest BCUT2D eigenvalue weighted by Crippen LogP contribution is -1.89. The molecule has 0 rings (SSSR count). The fraction of sp³-hybridized carbons (Fsp3) is 0.875. The van der Waals surface area contributed by atoms with Crippen LogP contribution in [0.15, 0.2) is 0 Å². The smallest absolute Gasteiger partial charge is 0.129 e. The van der Waals surface area contributed by atoms with E-state index in [1.807, 2.05) is 21.6 Å². The van der Waals surface area contributed by atoms with Gasteiger partial charge in [0.2, 0.25) is 0 Å². The summed E-state index contributed by atoms with van der Waals surface area (Å²) in [5.74, 6) is 2.65. The van der Waals surface area contributed by atoms with E-state index in [1.54, 1.807) is 6.92 Å². The molecule has 0 saturated heterocycles. The van der Waals surface area contributed by atoms with Crippen LogP contribution in [-0.2, 0) is 4.79 Å². The van der Waals surface area contributed by atoms with Crippen molar-refractivity contribution < 1.29 is 4.79 Å². The van der Waals surface area contributed by atoms with Crippen LogP contribution in [0.5, 0.6) is 0 Å². The summed E-state index contributed by atoms with van der Waals surface area (Å²) in [6, 6.07) is 0. The Morgan fingerprint density at radius 1 is 1.27 bits per heavy atom. The maximum atomic E-state index is 10.5. The van der Waals surface area contributed by atoms with Crippen LogP contribution in [-0.4, -0.2) is 17.3 Å². The minimum absolute atomic E-state index is 0.311. The van der Waals surface area contributed by atoms with Gasteiger partial charge in [0.25, 0.3) is 0 Å². The summed E-state index contributed by atoms with van der Waals surface area (Å²) >= 11 is 0. The summed E-state index contributed by atoms with van der Waals surface area (Å²) in [6.07, 6.45) is 3.03. The van der Waals surface area contributed by atoms with E-state index in [2.05, 4.69) is 6.92 Å². The largest absolute Gasteiger partial charge is 0.300 e. The van der Waals surface area contributed by atoms with E-state index in [4.69, 9.17) is 0 Å². The summed E-state index contributed by atoms with van der Waals surface area (Å²) in [4.78, 5) is 10.5. The predicted molar refractivity (Wildman–Crippen MR) is 55.1 cm³/mol. The lowest BCUT2D eigenvalue weighted by molar-refractivity contribution is -0.117. The van der Waals surface area contributed by atoms with Gasteiger partial charge in [-0.2, -0.15) is 0 Å². The van der Waals surface area contributed by atoms with Crippen LogP contribution < -0.4 is 0 Å². The average molecular weight is 192 g/mol. The first-order valence-corrected chi connectivity index (χ1v) is 6.50. The normalized spacial score (nSPS) is 10.0. The van der Waals surface area contributed by atoms with E-state index in [0.29, 0.717) is 5.78 Å². The fourth-order valence-electron chi connectivity index (χ4n) is 0.581. The summed E-state index contributed by atoms with van der Waals surface area (Å²) < 4.78 is 0. The first-order chi connectivity index (χ1) is 5.27. The molecule has 0 saturated carbocycles. The molecule has 0 aliphatic carbocycles. The van der Waals surface area contributed by atoms with Gasteiger partial charge in [0.1, 0.15) is 5.78 Å². The van der Waals surface area contributed by atoms with E-state index in [1.165, 1.54) is 12.2 Å². The molecule has 0 N–H and O–H groups in total. The highest BCUT2D eigenvalue weighted by Gasteiger charge is 1.93. The van der Waals surface area contributed by atoms with Gasteiger partial charge in [-0.15, -0.1) is 0 Å². The highest BCUT2D eigenvalue weighted by atomic mass is 33.1. The van der Waals surface area contributed by atoms with Crippen molar-refractivity contribution in [3.8, 4) is 0 Å². The predicted octanol–water partition coefficient (Wildman–Crippen LogP) is 3.15. The van der Waals surface area contributed by atoms with Gasteiger partial charge in [0, 0.05) is 17.9 Å². The molecule has 66 valence electrons. The number of hydrogen-bond donors (Lipinski definition) is 0. The van der Waals surface area contributed by atoms with Crippen molar-refractivity contribution in [3.63, 3.8) is 0 Å². The summed E-state index contributed by atoms with van der Waals surface area (Å²) in [5.41, 5.74) is 0. The van der Waals surface area contributed by atoms with Crippen LogP contribution in [0.25, 0.3) is 0 Å². The Kier molecular flexibility index (Phi) is 8.75. The van der Waals surface area contributed by atoms with E-state index in [-0.39, 0.29) is 0 Å². The van der Waals surface area contributed by atoms with Crippen LogP contribution >= 0.6 is 21.6 Å². The molecular formula is C8H16OS2. The zero-order valence-electron chi connectivity index (χ0n) is 7.26.